The molecule has 1 aromatic heterocycles. The minimum atomic E-state index is -0.494. The molecule has 1 aliphatic rings. The molecule has 0 bridgehead atoms. The van der Waals surface area contributed by atoms with Crippen LogP contribution in [0.3, 0.4) is 0 Å². The van der Waals surface area contributed by atoms with Gasteiger partial charge in [0.2, 0.25) is 11.8 Å². The number of aryl methyl sites for hydroxylation is 1. The Morgan fingerprint density at radius 1 is 1.35 bits per heavy atom. The first-order chi connectivity index (χ1) is 10.6. The molecule has 1 aliphatic heterocycles. The Morgan fingerprint density at radius 3 is 2.52 bits per heavy atom. The Balaban J connectivity index is 2.11. The predicted molar refractivity (Wildman–Crippen MR) is 90.3 cm³/mol. The fourth-order valence-corrected chi connectivity index (χ4v) is 3.41. The molecule has 2 heterocycles. The largest absolute Gasteiger partial charge is 0.369 e. The molecule has 0 radical (unpaired) electrons. The third-order valence-corrected chi connectivity index (χ3v) is 5.05. The quantitative estimate of drug-likeness (QED) is 0.883. The number of nitrogens with two attached hydrogens (primary N) is 1. The molecule has 23 heavy (non-hydrogen) atoms. The van der Waals surface area contributed by atoms with Crippen LogP contribution in [0.2, 0.25) is 0 Å². The van der Waals surface area contributed by atoms with E-state index >= 15 is 0 Å². The van der Waals surface area contributed by atoms with E-state index in [-0.39, 0.29) is 23.6 Å². The van der Waals surface area contributed by atoms with Crippen molar-refractivity contribution in [2.24, 2.45) is 17.1 Å². The van der Waals surface area contributed by atoms with Gasteiger partial charge in [0.25, 0.3) is 5.91 Å². The Hall–Kier alpha value is -1.89. The normalized spacial score (nSPS) is 18.1. The summed E-state index contributed by atoms with van der Waals surface area (Å²) in [5.41, 5.74) is 5.64. The van der Waals surface area contributed by atoms with Gasteiger partial charge in [-0.1, -0.05) is 20.8 Å². The summed E-state index contributed by atoms with van der Waals surface area (Å²) in [6.07, 6.45) is 0.610. The maximum atomic E-state index is 12.6. The smallest absolute Gasteiger partial charge is 0.264 e. The van der Waals surface area contributed by atoms with Crippen LogP contribution in [0, 0.1) is 18.3 Å². The summed E-state index contributed by atoms with van der Waals surface area (Å²) >= 11 is 1.27. The van der Waals surface area contributed by atoms with Crippen molar-refractivity contribution in [2.75, 3.05) is 18.4 Å². The fourth-order valence-electron chi connectivity index (χ4n) is 2.38. The van der Waals surface area contributed by atoms with Gasteiger partial charge in [-0.15, -0.1) is 11.3 Å². The first-order valence-corrected chi connectivity index (χ1v) is 8.41. The lowest BCUT2D eigenvalue weighted by atomic mass is 9.96. The molecule has 0 aliphatic carbocycles. The number of carbonyl (C=O) groups excluding carboxylic acids is 3. The maximum Gasteiger partial charge on any atom is 0.264 e. The number of anilines is 1. The second-order valence-corrected chi connectivity index (χ2v) is 8.02. The molecule has 3 N–H and O–H groups in total. The van der Waals surface area contributed by atoms with Crippen LogP contribution < -0.4 is 11.1 Å². The molecular formula is C16H23N3O3S. The number of nitrogens with one attached hydrogen (secondary N) is 1. The molecule has 126 valence electrons. The van der Waals surface area contributed by atoms with Crippen molar-refractivity contribution in [1.82, 2.24) is 4.90 Å². The van der Waals surface area contributed by atoms with Gasteiger partial charge < -0.3 is 16.0 Å². The van der Waals surface area contributed by atoms with Crippen molar-refractivity contribution in [3.05, 3.63) is 16.5 Å². The molecule has 7 heteroatoms. The van der Waals surface area contributed by atoms with E-state index in [1.165, 1.54) is 11.3 Å². The Morgan fingerprint density at radius 2 is 2.00 bits per heavy atom. The molecule has 1 atom stereocenters. The molecule has 0 saturated carbocycles. The number of carbonyl (C=O) groups is 3. The van der Waals surface area contributed by atoms with Gasteiger partial charge in [-0.2, -0.15) is 0 Å². The highest BCUT2D eigenvalue weighted by atomic mass is 32.1. The number of amides is 3. The molecule has 1 fully saturated rings. The SMILES string of the molecule is Cc1cc(NC(=O)C(C)(C)C)sc1C(=O)N1CC[C@@H](C(N)=O)C1. The van der Waals surface area contributed by atoms with Crippen LogP contribution in [0.4, 0.5) is 5.00 Å². The highest BCUT2D eigenvalue weighted by Gasteiger charge is 2.31. The molecule has 0 aromatic carbocycles. The van der Waals surface area contributed by atoms with E-state index in [0.29, 0.717) is 29.4 Å². The molecule has 3 amide bonds. The fraction of sp³-hybridized carbons (Fsp3) is 0.562. The predicted octanol–water partition coefficient (Wildman–Crippen LogP) is 1.99. The van der Waals surface area contributed by atoms with Gasteiger partial charge in [-0.25, -0.2) is 0 Å². The zero-order chi connectivity index (χ0) is 17.4. The zero-order valence-corrected chi connectivity index (χ0v) is 14.8. The number of likely N-dealkylation sites (tertiary alicyclic amines) is 1. The Bertz CT molecular complexity index is 645. The van der Waals surface area contributed by atoms with Crippen molar-refractivity contribution < 1.29 is 14.4 Å². The van der Waals surface area contributed by atoms with E-state index in [9.17, 15) is 14.4 Å². The highest BCUT2D eigenvalue weighted by molar-refractivity contribution is 7.18. The number of nitrogens with zero attached hydrogens (tertiary/aromatic N) is 1. The number of hydrogen-bond donors (Lipinski definition) is 2. The number of primary amides is 1. The minimum absolute atomic E-state index is 0.0901. The molecule has 6 nitrogen and oxygen atoms in total. The average molecular weight is 337 g/mol. The van der Waals surface area contributed by atoms with Crippen molar-refractivity contribution in [3.63, 3.8) is 0 Å². The molecule has 2 rings (SSSR count). The van der Waals surface area contributed by atoms with Gasteiger partial charge >= 0.3 is 0 Å². The van der Waals surface area contributed by atoms with Crippen molar-refractivity contribution in [3.8, 4) is 0 Å². The first-order valence-electron chi connectivity index (χ1n) is 7.60. The van der Waals surface area contributed by atoms with Gasteiger partial charge in [0, 0.05) is 18.5 Å². The van der Waals surface area contributed by atoms with E-state index in [1.807, 2.05) is 33.8 Å². The van der Waals surface area contributed by atoms with Gasteiger partial charge in [-0.3, -0.25) is 14.4 Å². The molecule has 1 saturated heterocycles. The Kier molecular flexibility index (Phi) is 4.79. The summed E-state index contributed by atoms with van der Waals surface area (Å²) in [5, 5.41) is 3.51. The third-order valence-electron chi connectivity index (χ3n) is 3.91. The lowest BCUT2D eigenvalue weighted by molar-refractivity contribution is -0.123. The lowest BCUT2D eigenvalue weighted by Gasteiger charge is -2.16. The van der Waals surface area contributed by atoms with Crippen LogP contribution in [0.15, 0.2) is 6.07 Å². The summed E-state index contributed by atoms with van der Waals surface area (Å²) in [5.74, 6) is -0.819. The first kappa shape index (κ1) is 17.5. The van der Waals surface area contributed by atoms with Gasteiger partial charge in [0.1, 0.15) is 0 Å². The average Bonchev–Trinajstić information content (AvgIpc) is 3.04. The number of hydrogen-bond acceptors (Lipinski definition) is 4. The molecular weight excluding hydrogens is 314 g/mol. The van der Waals surface area contributed by atoms with Crippen LogP contribution in [-0.4, -0.2) is 35.7 Å². The Labute approximate surface area is 140 Å². The third kappa shape index (κ3) is 3.90. The van der Waals surface area contributed by atoms with E-state index < -0.39 is 5.41 Å². The second-order valence-electron chi connectivity index (χ2n) is 6.97. The van der Waals surface area contributed by atoms with Crippen LogP contribution in [0.1, 0.15) is 42.4 Å². The van der Waals surface area contributed by atoms with E-state index in [2.05, 4.69) is 5.32 Å². The lowest BCUT2D eigenvalue weighted by Crippen LogP contribution is -2.31. The van der Waals surface area contributed by atoms with E-state index in [4.69, 9.17) is 5.73 Å². The van der Waals surface area contributed by atoms with Crippen LogP contribution in [0.5, 0.6) is 0 Å². The molecule has 1 aromatic rings. The monoisotopic (exact) mass is 337 g/mol. The number of thiophene rings is 1. The van der Waals surface area contributed by atoms with Gasteiger partial charge in [0.05, 0.1) is 15.8 Å². The zero-order valence-electron chi connectivity index (χ0n) is 13.9. The van der Waals surface area contributed by atoms with Gasteiger partial charge in [-0.05, 0) is 25.0 Å². The number of rotatable bonds is 3. The topological polar surface area (TPSA) is 92.5 Å². The van der Waals surface area contributed by atoms with E-state index in [0.717, 1.165) is 5.56 Å². The summed E-state index contributed by atoms with van der Waals surface area (Å²) < 4.78 is 0. The van der Waals surface area contributed by atoms with Crippen molar-refractivity contribution >= 4 is 34.1 Å². The second kappa shape index (κ2) is 6.31. The van der Waals surface area contributed by atoms with Crippen molar-refractivity contribution in [2.45, 2.75) is 34.1 Å². The maximum absolute atomic E-state index is 12.6. The summed E-state index contributed by atoms with van der Waals surface area (Å²) in [7, 11) is 0. The van der Waals surface area contributed by atoms with Crippen molar-refractivity contribution in [1.29, 1.82) is 0 Å². The summed E-state index contributed by atoms with van der Waals surface area (Å²) in [6, 6.07) is 1.81. The standard InChI is InChI=1S/C16H23N3O3S/c1-9-7-11(18-15(22)16(2,3)4)23-12(9)14(21)19-6-5-10(8-19)13(17)20/h7,10H,5-6,8H2,1-4H3,(H2,17,20)(H,18,22)/t10-/m1/s1. The minimum Gasteiger partial charge on any atom is -0.369 e. The van der Waals surface area contributed by atoms with Crippen LogP contribution >= 0.6 is 11.3 Å². The van der Waals surface area contributed by atoms with Gasteiger partial charge in [0.15, 0.2) is 0 Å². The summed E-state index contributed by atoms with van der Waals surface area (Å²) in [6.45, 7) is 8.26. The highest BCUT2D eigenvalue weighted by Crippen LogP contribution is 2.30. The van der Waals surface area contributed by atoms with Crippen LogP contribution in [-0.2, 0) is 9.59 Å². The van der Waals surface area contributed by atoms with E-state index in [1.54, 1.807) is 4.90 Å². The summed E-state index contributed by atoms with van der Waals surface area (Å²) in [4.78, 5) is 38.1. The van der Waals surface area contributed by atoms with Crippen LogP contribution in [0.25, 0.3) is 0 Å². The molecule has 0 unspecified atom stereocenters. The molecule has 0 spiro atoms.